The Kier molecular flexibility index (Phi) is 4.53. The van der Waals surface area contributed by atoms with Crippen LogP contribution in [0, 0.1) is 5.92 Å². The first-order valence-electron chi connectivity index (χ1n) is 6.12. The van der Waals surface area contributed by atoms with Gasteiger partial charge in [-0.15, -0.1) is 0 Å². The van der Waals surface area contributed by atoms with Gasteiger partial charge in [0.2, 0.25) is 5.91 Å². The van der Waals surface area contributed by atoms with E-state index >= 15 is 0 Å². The van der Waals surface area contributed by atoms with E-state index in [2.05, 4.69) is 5.32 Å². The summed E-state index contributed by atoms with van der Waals surface area (Å²) in [5.74, 6) is -1.73. The molecule has 0 saturated heterocycles. The number of rotatable bonds is 5. The van der Waals surface area contributed by atoms with Gasteiger partial charge in [0, 0.05) is 12.2 Å². The van der Waals surface area contributed by atoms with Crippen molar-refractivity contribution in [3.05, 3.63) is 29.8 Å². The van der Waals surface area contributed by atoms with E-state index < -0.39 is 17.3 Å². The summed E-state index contributed by atoms with van der Waals surface area (Å²) in [4.78, 5) is 22.8. The van der Waals surface area contributed by atoms with Gasteiger partial charge in [0.25, 0.3) is 0 Å². The maximum absolute atomic E-state index is 12.1. The number of carbonyl (C=O) groups is 2. The van der Waals surface area contributed by atoms with Gasteiger partial charge in [0.15, 0.2) is 0 Å². The minimum atomic E-state index is -0.925. The molecule has 5 heteroatoms. The number of carbonyl (C=O) groups excluding carboxylic acids is 1. The molecule has 0 bridgehead atoms. The van der Waals surface area contributed by atoms with E-state index in [0.717, 1.165) is 5.56 Å². The Labute approximate surface area is 112 Å². The number of nitrogens with two attached hydrogens (primary N) is 1. The number of hydrogen-bond acceptors (Lipinski definition) is 3. The van der Waals surface area contributed by atoms with E-state index in [1.54, 1.807) is 45.0 Å². The van der Waals surface area contributed by atoms with E-state index in [9.17, 15) is 9.59 Å². The molecule has 104 valence electrons. The van der Waals surface area contributed by atoms with Crippen LogP contribution in [0.15, 0.2) is 24.3 Å². The lowest BCUT2D eigenvalue weighted by molar-refractivity contribution is -0.141. The third-order valence-electron chi connectivity index (χ3n) is 3.19. The topological polar surface area (TPSA) is 92.4 Å². The van der Waals surface area contributed by atoms with E-state index in [-0.39, 0.29) is 12.5 Å². The van der Waals surface area contributed by atoms with Crippen LogP contribution in [-0.2, 0) is 15.0 Å². The molecule has 0 saturated carbocycles. The molecule has 0 aliphatic carbocycles. The van der Waals surface area contributed by atoms with Crippen molar-refractivity contribution in [2.24, 2.45) is 5.92 Å². The first kappa shape index (κ1) is 15.0. The van der Waals surface area contributed by atoms with Crippen LogP contribution in [-0.4, -0.2) is 23.5 Å². The number of hydrogen-bond donors (Lipinski definition) is 3. The van der Waals surface area contributed by atoms with Gasteiger partial charge in [-0.25, -0.2) is 0 Å². The molecule has 1 unspecified atom stereocenters. The highest BCUT2D eigenvalue weighted by Crippen LogP contribution is 2.24. The SMILES string of the molecule is CC(CNC(=O)C(C)(C)c1ccc(N)cc1)C(=O)O. The van der Waals surface area contributed by atoms with E-state index in [1.165, 1.54) is 0 Å². The van der Waals surface area contributed by atoms with Crippen LogP contribution < -0.4 is 11.1 Å². The molecule has 0 fully saturated rings. The molecule has 0 aliphatic rings. The maximum Gasteiger partial charge on any atom is 0.308 e. The van der Waals surface area contributed by atoms with Crippen molar-refractivity contribution in [2.75, 3.05) is 12.3 Å². The monoisotopic (exact) mass is 264 g/mol. The van der Waals surface area contributed by atoms with Gasteiger partial charge in [-0.1, -0.05) is 19.1 Å². The zero-order valence-electron chi connectivity index (χ0n) is 11.4. The highest BCUT2D eigenvalue weighted by atomic mass is 16.4. The molecule has 0 radical (unpaired) electrons. The van der Waals surface area contributed by atoms with Gasteiger partial charge in [-0.3, -0.25) is 9.59 Å². The van der Waals surface area contributed by atoms with Crippen molar-refractivity contribution >= 4 is 17.6 Å². The minimum absolute atomic E-state index is 0.118. The Morgan fingerprint density at radius 2 is 1.84 bits per heavy atom. The van der Waals surface area contributed by atoms with Crippen LogP contribution >= 0.6 is 0 Å². The zero-order chi connectivity index (χ0) is 14.6. The predicted octanol–water partition coefficient (Wildman–Crippen LogP) is 1.38. The molecule has 0 aliphatic heterocycles. The lowest BCUT2D eigenvalue weighted by atomic mass is 9.83. The number of nitrogens with one attached hydrogen (secondary N) is 1. The first-order valence-corrected chi connectivity index (χ1v) is 6.12. The van der Waals surface area contributed by atoms with Crippen LogP contribution in [0.1, 0.15) is 26.3 Å². The van der Waals surface area contributed by atoms with E-state index in [1.807, 2.05) is 0 Å². The number of anilines is 1. The first-order chi connectivity index (χ1) is 8.75. The molecule has 5 nitrogen and oxygen atoms in total. The summed E-state index contributed by atoms with van der Waals surface area (Å²) in [7, 11) is 0. The second-order valence-corrected chi connectivity index (χ2v) is 5.20. The Morgan fingerprint density at radius 3 is 2.32 bits per heavy atom. The van der Waals surface area contributed by atoms with Gasteiger partial charge in [-0.2, -0.15) is 0 Å². The number of aliphatic carboxylic acids is 1. The molecule has 0 spiro atoms. The fourth-order valence-corrected chi connectivity index (χ4v) is 1.58. The third-order valence-corrected chi connectivity index (χ3v) is 3.19. The normalized spacial score (nSPS) is 12.8. The summed E-state index contributed by atoms with van der Waals surface area (Å²) in [5.41, 5.74) is 6.36. The standard InChI is InChI=1S/C14H20N2O3/c1-9(12(17)18)8-16-13(19)14(2,3)10-4-6-11(15)7-5-10/h4-7,9H,8,15H2,1-3H3,(H,16,19)(H,17,18). The highest BCUT2D eigenvalue weighted by Gasteiger charge is 2.30. The van der Waals surface area contributed by atoms with Gasteiger partial charge >= 0.3 is 5.97 Å². The molecular weight excluding hydrogens is 244 g/mol. The van der Waals surface area contributed by atoms with Crippen molar-refractivity contribution < 1.29 is 14.7 Å². The molecular formula is C14H20N2O3. The van der Waals surface area contributed by atoms with Gasteiger partial charge in [-0.05, 0) is 31.5 Å². The molecule has 1 amide bonds. The number of carboxylic acids is 1. The molecule has 4 N–H and O–H groups in total. The molecule has 1 rings (SSSR count). The lowest BCUT2D eigenvalue weighted by Crippen LogP contribution is -2.42. The summed E-state index contributed by atoms with van der Waals surface area (Å²) in [6, 6.07) is 7.08. The van der Waals surface area contributed by atoms with Gasteiger partial charge < -0.3 is 16.2 Å². The molecule has 19 heavy (non-hydrogen) atoms. The van der Waals surface area contributed by atoms with Crippen molar-refractivity contribution in [3.8, 4) is 0 Å². The van der Waals surface area contributed by atoms with Crippen LogP contribution in [0.3, 0.4) is 0 Å². The number of nitrogen functional groups attached to an aromatic ring is 1. The Morgan fingerprint density at radius 1 is 1.32 bits per heavy atom. The Bertz CT molecular complexity index is 466. The van der Waals surface area contributed by atoms with E-state index in [4.69, 9.17) is 10.8 Å². The molecule has 1 aromatic carbocycles. The van der Waals surface area contributed by atoms with Gasteiger partial charge in [0.05, 0.1) is 11.3 Å². The van der Waals surface area contributed by atoms with Crippen LogP contribution in [0.2, 0.25) is 0 Å². The Hall–Kier alpha value is -2.04. The quantitative estimate of drug-likeness (QED) is 0.700. The Balaban J connectivity index is 2.74. The minimum Gasteiger partial charge on any atom is -0.481 e. The summed E-state index contributed by atoms with van der Waals surface area (Å²) in [6.07, 6.45) is 0. The number of carboxylic acid groups (broad SMARTS) is 1. The summed E-state index contributed by atoms with van der Waals surface area (Å²) < 4.78 is 0. The third kappa shape index (κ3) is 3.71. The average molecular weight is 264 g/mol. The van der Waals surface area contributed by atoms with Crippen molar-refractivity contribution in [1.29, 1.82) is 0 Å². The zero-order valence-corrected chi connectivity index (χ0v) is 11.4. The maximum atomic E-state index is 12.1. The van der Waals surface area contributed by atoms with E-state index in [0.29, 0.717) is 5.69 Å². The molecule has 0 heterocycles. The molecule has 1 aromatic rings. The van der Waals surface area contributed by atoms with Crippen molar-refractivity contribution in [3.63, 3.8) is 0 Å². The summed E-state index contributed by atoms with van der Waals surface area (Å²) in [5, 5.41) is 11.4. The van der Waals surface area contributed by atoms with Gasteiger partial charge in [0.1, 0.15) is 0 Å². The average Bonchev–Trinajstić information content (AvgIpc) is 2.35. The van der Waals surface area contributed by atoms with Crippen molar-refractivity contribution in [2.45, 2.75) is 26.2 Å². The predicted molar refractivity (Wildman–Crippen MR) is 73.7 cm³/mol. The fraction of sp³-hybridized carbons (Fsp3) is 0.429. The largest absolute Gasteiger partial charge is 0.481 e. The number of benzene rings is 1. The van der Waals surface area contributed by atoms with Crippen molar-refractivity contribution in [1.82, 2.24) is 5.32 Å². The fourth-order valence-electron chi connectivity index (χ4n) is 1.58. The van der Waals surface area contributed by atoms with Crippen LogP contribution in [0.25, 0.3) is 0 Å². The van der Waals surface area contributed by atoms with Crippen LogP contribution in [0.4, 0.5) is 5.69 Å². The molecule has 1 atom stereocenters. The second-order valence-electron chi connectivity index (χ2n) is 5.20. The smallest absolute Gasteiger partial charge is 0.308 e. The molecule has 0 aromatic heterocycles. The summed E-state index contributed by atoms with van der Waals surface area (Å²) >= 11 is 0. The number of amides is 1. The highest BCUT2D eigenvalue weighted by molar-refractivity contribution is 5.87. The summed E-state index contributed by atoms with van der Waals surface area (Å²) in [6.45, 7) is 5.25. The second kappa shape index (κ2) is 5.73. The van der Waals surface area contributed by atoms with Crippen LogP contribution in [0.5, 0.6) is 0 Å². The lowest BCUT2D eigenvalue weighted by Gasteiger charge is -2.24.